The van der Waals surface area contributed by atoms with Crippen molar-refractivity contribution in [3.63, 3.8) is 0 Å². The van der Waals surface area contributed by atoms with Gasteiger partial charge in [-0.25, -0.2) is 0 Å². The Labute approximate surface area is 162 Å². The summed E-state index contributed by atoms with van der Waals surface area (Å²) in [6.45, 7) is 2.12. The van der Waals surface area contributed by atoms with Crippen LogP contribution >= 0.6 is 0 Å². The number of hydrogen-bond acceptors (Lipinski definition) is 5. The topological polar surface area (TPSA) is 84.3 Å². The van der Waals surface area contributed by atoms with E-state index < -0.39 is 5.56 Å². The van der Waals surface area contributed by atoms with Gasteiger partial charge in [0.05, 0.1) is 14.2 Å². The summed E-state index contributed by atoms with van der Waals surface area (Å²) < 4.78 is 16.6. The number of aryl methyl sites for hydroxylation is 1. The fourth-order valence-electron chi connectivity index (χ4n) is 2.91. The molecule has 0 atom stereocenters. The molecule has 6 heteroatoms. The van der Waals surface area contributed by atoms with Gasteiger partial charge in [-0.05, 0) is 48.4 Å². The zero-order valence-electron chi connectivity index (χ0n) is 15.9. The van der Waals surface area contributed by atoms with Crippen LogP contribution in [0.5, 0.6) is 17.2 Å². The molecule has 28 heavy (non-hydrogen) atoms. The maximum atomic E-state index is 12.1. The highest BCUT2D eigenvalue weighted by atomic mass is 16.5. The lowest BCUT2D eigenvalue weighted by molar-refractivity contribution is 0.284. The summed E-state index contributed by atoms with van der Waals surface area (Å²) in [5.74, 6) is 1.84. The summed E-state index contributed by atoms with van der Waals surface area (Å²) in [5, 5.41) is 9.35. The van der Waals surface area contributed by atoms with Crippen molar-refractivity contribution in [1.29, 1.82) is 5.26 Å². The largest absolute Gasteiger partial charge is 0.497 e. The molecule has 0 aliphatic carbocycles. The minimum Gasteiger partial charge on any atom is -0.497 e. The average molecular weight is 376 g/mol. The lowest BCUT2D eigenvalue weighted by Gasteiger charge is -2.13. The van der Waals surface area contributed by atoms with E-state index in [1.54, 1.807) is 45.4 Å². The second-order valence-electron chi connectivity index (χ2n) is 6.19. The first-order chi connectivity index (χ1) is 13.5. The van der Waals surface area contributed by atoms with Crippen molar-refractivity contribution >= 4 is 0 Å². The molecule has 1 N–H and O–H groups in total. The van der Waals surface area contributed by atoms with Crippen LogP contribution in [-0.2, 0) is 6.61 Å². The Hall–Kier alpha value is -3.72. The summed E-state index contributed by atoms with van der Waals surface area (Å²) in [6, 6.07) is 16.7. The van der Waals surface area contributed by atoms with Crippen molar-refractivity contribution in [3.8, 4) is 34.4 Å². The van der Waals surface area contributed by atoms with Gasteiger partial charge in [0.1, 0.15) is 24.0 Å². The second kappa shape index (κ2) is 8.31. The van der Waals surface area contributed by atoms with Crippen LogP contribution in [0.3, 0.4) is 0 Å². The number of H-pyrrole nitrogens is 1. The van der Waals surface area contributed by atoms with Crippen LogP contribution in [0, 0.1) is 18.3 Å². The molecule has 1 heterocycles. The number of benzene rings is 2. The number of aromatic amines is 1. The maximum absolute atomic E-state index is 12.1. The van der Waals surface area contributed by atoms with Gasteiger partial charge >= 0.3 is 0 Å². The highest BCUT2D eigenvalue weighted by Crippen LogP contribution is 2.34. The predicted molar refractivity (Wildman–Crippen MR) is 106 cm³/mol. The third kappa shape index (κ3) is 3.99. The van der Waals surface area contributed by atoms with E-state index in [-0.39, 0.29) is 5.56 Å². The normalized spacial score (nSPS) is 10.2. The van der Waals surface area contributed by atoms with E-state index in [9.17, 15) is 10.1 Å². The first-order valence-corrected chi connectivity index (χ1v) is 8.64. The average Bonchev–Trinajstić information content (AvgIpc) is 2.71. The van der Waals surface area contributed by atoms with Gasteiger partial charge in [-0.3, -0.25) is 4.79 Å². The number of hydrogen-bond donors (Lipinski definition) is 1. The summed E-state index contributed by atoms with van der Waals surface area (Å²) in [4.78, 5) is 14.7. The van der Waals surface area contributed by atoms with Gasteiger partial charge in [0.15, 0.2) is 11.5 Å². The van der Waals surface area contributed by atoms with Gasteiger partial charge in [-0.2, -0.15) is 5.26 Å². The Bertz CT molecular complexity index is 1100. The van der Waals surface area contributed by atoms with E-state index in [1.165, 1.54) is 0 Å². The number of rotatable bonds is 6. The standard InChI is InChI=1S/C22H20N2O4/c1-14-9-18(19(12-23)22(25)24-14)16-7-8-20(21(11-16)27-3)28-13-15-5-4-6-17(10-15)26-2/h4-11H,13H2,1-3H3,(H,24,25). The third-order valence-corrected chi connectivity index (χ3v) is 4.28. The molecular formula is C22H20N2O4. The first kappa shape index (κ1) is 19.1. The van der Waals surface area contributed by atoms with E-state index in [0.717, 1.165) is 11.3 Å². The minimum atomic E-state index is -0.408. The molecule has 0 aliphatic rings. The predicted octanol–water partition coefficient (Wildman–Crippen LogP) is 3.82. The van der Waals surface area contributed by atoms with Crippen LogP contribution in [0.25, 0.3) is 11.1 Å². The van der Waals surface area contributed by atoms with Gasteiger partial charge in [-0.1, -0.05) is 18.2 Å². The van der Waals surface area contributed by atoms with E-state index in [1.807, 2.05) is 30.3 Å². The molecule has 0 fully saturated rings. The fraction of sp³-hybridized carbons (Fsp3) is 0.182. The Morgan fingerprint density at radius 2 is 1.86 bits per heavy atom. The lowest BCUT2D eigenvalue weighted by Crippen LogP contribution is -2.12. The van der Waals surface area contributed by atoms with E-state index in [0.29, 0.717) is 34.9 Å². The van der Waals surface area contributed by atoms with Crippen LogP contribution in [0.2, 0.25) is 0 Å². The molecule has 0 spiro atoms. The zero-order valence-corrected chi connectivity index (χ0v) is 15.9. The highest BCUT2D eigenvalue weighted by Gasteiger charge is 2.13. The molecule has 0 bridgehead atoms. The van der Waals surface area contributed by atoms with Crippen LogP contribution in [0.15, 0.2) is 53.3 Å². The number of ether oxygens (including phenoxy) is 3. The molecule has 6 nitrogen and oxygen atoms in total. The molecule has 2 aromatic carbocycles. The number of aromatic nitrogens is 1. The molecular weight excluding hydrogens is 356 g/mol. The molecule has 0 saturated heterocycles. The lowest BCUT2D eigenvalue weighted by atomic mass is 10.0. The van der Waals surface area contributed by atoms with Crippen molar-refractivity contribution in [1.82, 2.24) is 4.98 Å². The first-order valence-electron chi connectivity index (χ1n) is 8.64. The van der Waals surface area contributed by atoms with E-state index >= 15 is 0 Å². The highest BCUT2D eigenvalue weighted by molar-refractivity contribution is 5.72. The van der Waals surface area contributed by atoms with Crippen molar-refractivity contribution in [3.05, 3.63) is 75.7 Å². The Balaban J connectivity index is 1.91. The second-order valence-corrected chi connectivity index (χ2v) is 6.19. The summed E-state index contributed by atoms with van der Waals surface area (Å²) in [5.41, 5.74) is 2.56. The van der Waals surface area contributed by atoms with Gasteiger partial charge in [0.2, 0.25) is 0 Å². The van der Waals surface area contributed by atoms with Crippen molar-refractivity contribution in [2.24, 2.45) is 0 Å². The number of nitrogens with one attached hydrogen (secondary N) is 1. The molecule has 3 rings (SSSR count). The Morgan fingerprint density at radius 1 is 1.04 bits per heavy atom. The molecule has 142 valence electrons. The van der Waals surface area contributed by atoms with Crippen LogP contribution in [-0.4, -0.2) is 19.2 Å². The van der Waals surface area contributed by atoms with Crippen LogP contribution in [0.1, 0.15) is 16.8 Å². The number of nitrogens with zero attached hydrogens (tertiary/aromatic N) is 1. The van der Waals surface area contributed by atoms with Gasteiger partial charge in [-0.15, -0.1) is 0 Å². The number of pyridine rings is 1. The molecule has 1 aromatic heterocycles. The monoisotopic (exact) mass is 376 g/mol. The van der Waals surface area contributed by atoms with Crippen molar-refractivity contribution in [2.75, 3.05) is 14.2 Å². The molecule has 3 aromatic rings. The summed E-state index contributed by atoms with van der Waals surface area (Å²) in [7, 11) is 3.17. The van der Waals surface area contributed by atoms with Gasteiger partial charge < -0.3 is 19.2 Å². The SMILES string of the molecule is COc1cccc(COc2ccc(-c3cc(C)[nH]c(=O)c3C#N)cc2OC)c1. The third-order valence-electron chi connectivity index (χ3n) is 4.28. The van der Waals surface area contributed by atoms with E-state index in [4.69, 9.17) is 14.2 Å². The van der Waals surface area contributed by atoms with Crippen molar-refractivity contribution < 1.29 is 14.2 Å². The molecule has 0 unspecified atom stereocenters. The van der Waals surface area contributed by atoms with Crippen LogP contribution in [0.4, 0.5) is 0 Å². The van der Waals surface area contributed by atoms with Gasteiger partial charge in [0.25, 0.3) is 5.56 Å². The Kier molecular flexibility index (Phi) is 5.66. The minimum absolute atomic E-state index is 0.0673. The Morgan fingerprint density at radius 3 is 2.57 bits per heavy atom. The summed E-state index contributed by atoms with van der Waals surface area (Å²) >= 11 is 0. The summed E-state index contributed by atoms with van der Waals surface area (Å²) in [6.07, 6.45) is 0. The van der Waals surface area contributed by atoms with Crippen LogP contribution < -0.4 is 19.8 Å². The molecule has 0 amide bonds. The van der Waals surface area contributed by atoms with Crippen molar-refractivity contribution in [2.45, 2.75) is 13.5 Å². The fourth-order valence-corrected chi connectivity index (χ4v) is 2.91. The quantitative estimate of drug-likeness (QED) is 0.707. The smallest absolute Gasteiger partial charge is 0.266 e. The number of nitriles is 1. The molecule has 0 radical (unpaired) electrons. The molecule has 0 aliphatic heterocycles. The van der Waals surface area contributed by atoms with Gasteiger partial charge in [0, 0.05) is 11.3 Å². The zero-order chi connectivity index (χ0) is 20.1. The van der Waals surface area contributed by atoms with E-state index in [2.05, 4.69) is 4.98 Å². The maximum Gasteiger partial charge on any atom is 0.266 e. The number of methoxy groups -OCH3 is 2. The molecule has 0 saturated carbocycles.